The zero-order chi connectivity index (χ0) is 12.7. The van der Waals surface area contributed by atoms with E-state index in [1.54, 1.807) is 6.20 Å². The number of nitrogens with one attached hydrogen (secondary N) is 1. The molecule has 3 amide bonds. The van der Waals surface area contributed by atoms with E-state index in [2.05, 4.69) is 15.3 Å². The Labute approximate surface area is 134 Å². The van der Waals surface area contributed by atoms with Crippen molar-refractivity contribution in [2.24, 2.45) is 0 Å². The number of aryl methyl sites for hydroxylation is 1. The molecule has 0 spiro atoms. The third kappa shape index (κ3) is 2.55. The van der Waals surface area contributed by atoms with Crippen LogP contribution >= 0.6 is 0 Å². The number of imide groups is 1. The van der Waals surface area contributed by atoms with Gasteiger partial charge in [0.25, 0.3) is 0 Å². The summed E-state index contributed by atoms with van der Waals surface area (Å²) in [7, 11) is 0. The molecule has 0 aliphatic carbocycles. The van der Waals surface area contributed by atoms with Crippen molar-refractivity contribution in [3.05, 3.63) is 24.0 Å². The number of hydrogen-bond donors (Lipinski definition) is 1. The van der Waals surface area contributed by atoms with Crippen molar-refractivity contribution < 1.29 is 42.3 Å². The molecule has 0 atom stereocenters. The van der Waals surface area contributed by atoms with Gasteiger partial charge in [-0.15, -0.1) is 0 Å². The van der Waals surface area contributed by atoms with Crippen LogP contribution in [0, 0.1) is 6.92 Å². The van der Waals surface area contributed by atoms with Gasteiger partial charge in [0, 0.05) is 51.4 Å². The summed E-state index contributed by atoms with van der Waals surface area (Å²) >= 11 is 0. The summed E-state index contributed by atoms with van der Waals surface area (Å²) in [4.78, 5) is 32.9. The number of rotatable bonds is 1. The van der Waals surface area contributed by atoms with Gasteiger partial charge >= 0.3 is 6.03 Å². The molecule has 6 nitrogen and oxygen atoms in total. The molecule has 1 aliphatic heterocycles. The van der Waals surface area contributed by atoms with Gasteiger partial charge in [0.15, 0.2) is 0 Å². The van der Waals surface area contributed by atoms with E-state index in [0.29, 0.717) is 18.6 Å². The fourth-order valence-corrected chi connectivity index (χ4v) is 2.08. The molecule has 0 saturated carbocycles. The van der Waals surface area contributed by atoms with Gasteiger partial charge in [-0.3, -0.25) is 15.0 Å². The first-order valence-corrected chi connectivity index (χ1v) is 5.65. The molecule has 2 aromatic rings. The van der Waals surface area contributed by atoms with Crippen LogP contribution in [0.1, 0.15) is 12.1 Å². The van der Waals surface area contributed by atoms with Crippen LogP contribution in [0.2, 0.25) is 0 Å². The van der Waals surface area contributed by atoms with Crippen molar-refractivity contribution >= 4 is 28.7 Å². The number of hydrogen-bond acceptors (Lipinski definition) is 3. The average Bonchev–Trinajstić information content (AvgIpc) is 2.75. The average molecular weight is 332 g/mol. The zero-order valence-electron chi connectivity index (χ0n) is 10.4. The van der Waals surface area contributed by atoms with Crippen LogP contribution < -0.4 is 15.2 Å². The molecule has 0 aromatic carbocycles. The normalized spacial score (nSPS) is 15.3. The van der Waals surface area contributed by atoms with Crippen LogP contribution in [0.3, 0.4) is 0 Å². The standard InChI is InChI=1S/C12H12N4O2.Y/c1-7-9(6-8-2-4-13-11(8)14-7)16-5-3-10(17)15-12(16)18;/h2,4,6H,3,5H2,1H3,(H2,13,14,15,17,18);/p-1. The molecule has 2 aromatic heterocycles. The first-order chi connectivity index (χ1) is 8.65. The zero-order valence-corrected chi connectivity index (χ0v) is 13.2. The minimum Gasteiger partial charge on any atom is -0.442 e. The topological polar surface area (TPSA) is 76.4 Å². The number of nitrogens with zero attached hydrogens (tertiary/aromatic N) is 3. The molecule has 7 heteroatoms. The minimum absolute atomic E-state index is 0. The van der Waals surface area contributed by atoms with Crippen molar-refractivity contribution in [2.75, 3.05) is 11.4 Å². The predicted octanol–water partition coefficient (Wildman–Crippen LogP) is 0.944. The molecule has 19 heavy (non-hydrogen) atoms. The third-order valence-electron chi connectivity index (χ3n) is 2.99. The maximum Gasteiger partial charge on any atom is 0.328 e. The molecule has 0 unspecified atom stereocenters. The van der Waals surface area contributed by atoms with Crippen molar-refractivity contribution in [3.63, 3.8) is 0 Å². The Hall–Kier alpha value is -1.27. The smallest absolute Gasteiger partial charge is 0.328 e. The van der Waals surface area contributed by atoms with Gasteiger partial charge in [0.05, 0.1) is 0 Å². The van der Waals surface area contributed by atoms with Crippen molar-refractivity contribution in [1.29, 1.82) is 0 Å². The molecular weight excluding hydrogens is 321 g/mol. The van der Waals surface area contributed by atoms with Gasteiger partial charge in [-0.1, -0.05) is 17.9 Å². The predicted molar refractivity (Wildman–Crippen MR) is 65.3 cm³/mol. The fraction of sp³-hybridized carbons (Fsp3) is 0.250. The number of anilines is 1. The SMILES string of the molecule is Cc1nc2[n-]ccc2cc1N1CCC(=O)NC1=O.[Y]. The number of pyridine rings is 1. The second kappa shape index (κ2) is 5.39. The Balaban J connectivity index is 0.00000133. The van der Waals surface area contributed by atoms with E-state index in [-0.39, 0.29) is 38.6 Å². The number of aromatic nitrogens is 2. The molecule has 0 bridgehead atoms. The Bertz CT molecular complexity index is 652. The van der Waals surface area contributed by atoms with Gasteiger partial charge in [-0.25, -0.2) is 4.79 Å². The summed E-state index contributed by atoms with van der Waals surface area (Å²) in [5.41, 5.74) is 2.12. The summed E-state index contributed by atoms with van der Waals surface area (Å²) in [6.07, 6.45) is 1.99. The third-order valence-corrected chi connectivity index (χ3v) is 2.99. The van der Waals surface area contributed by atoms with Gasteiger partial charge in [-0.05, 0) is 24.1 Å². The quantitative estimate of drug-likeness (QED) is 0.843. The molecule has 1 aliphatic rings. The summed E-state index contributed by atoms with van der Waals surface area (Å²) in [5.74, 6) is -0.238. The molecule has 3 rings (SSSR count). The van der Waals surface area contributed by atoms with Crippen LogP contribution in [-0.2, 0) is 37.5 Å². The number of fused-ring (bicyclic) bond motifs is 1. The first kappa shape index (κ1) is 14.1. The summed E-state index contributed by atoms with van der Waals surface area (Å²) < 4.78 is 0. The van der Waals surface area contributed by atoms with Crippen LogP contribution in [0.5, 0.6) is 0 Å². The van der Waals surface area contributed by atoms with E-state index in [1.165, 1.54) is 4.90 Å². The summed E-state index contributed by atoms with van der Waals surface area (Å²) in [6, 6.07) is 3.33. The molecule has 1 N–H and O–H groups in total. The summed E-state index contributed by atoms with van der Waals surface area (Å²) in [6.45, 7) is 2.21. The Morgan fingerprint density at radius 2 is 2.21 bits per heavy atom. The molecule has 3 heterocycles. The fourth-order valence-electron chi connectivity index (χ4n) is 2.08. The van der Waals surface area contributed by atoms with E-state index >= 15 is 0 Å². The Kier molecular flexibility index (Phi) is 4.01. The molecule has 1 saturated heterocycles. The molecule has 95 valence electrons. The number of carbonyl (C=O) groups is 2. The minimum atomic E-state index is -0.394. The van der Waals surface area contributed by atoms with E-state index in [0.717, 1.165) is 16.8 Å². The van der Waals surface area contributed by atoms with Gasteiger partial charge in [0.1, 0.15) is 0 Å². The molecule has 1 radical (unpaired) electrons. The second-order valence-electron chi connectivity index (χ2n) is 4.21. The second-order valence-corrected chi connectivity index (χ2v) is 4.21. The maximum atomic E-state index is 11.8. The number of urea groups is 1. The molecular formula is C12H11N4O2Y-. The largest absolute Gasteiger partial charge is 0.442 e. The van der Waals surface area contributed by atoms with Crippen LogP contribution in [0.25, 0.3) is 11.0 Å². The van der Waals surface area contributed by atoms with Gasteiger partial charge < -0.3 is 9.97 Å². The summed E-state index contributed by atoms with van der Waals surface area (Å²) in [5, 5.41) is 3.19. The number of carbonyl (C=O) groups excluding carboxylic acids is 2. The maximum absolute atomic E-state index is 11.8. The van der Waals surface area contributed by atoms with Crippen LogP contribution in [0.15, 0.2) is 18.3 Å². The van der Waals surface area contributed by atoms with E-state index in [1.807, 2.05) is 19.1 Å². The Morgan fingerprint density at radius 1 is 1.42 bits per heavy atom. The van der Waals surface area contributed by atoms with Crippen molar-refractivity contribution in [3.8, 4) is 0 Å². The molecule has 1 fully saturated rings. The first-order valence-electron chi connectivity index (χ1n) is 5.65. The van der Waals surface area contributed by atoms with Gasteiger partial charge in [0.2, 0.25) is 5.91 Å². The van der Waals surface area contributed by atoms with Crippen LogP contribution in [-0.4, -0.2) is 23.5 Å². The van der Waals surface area contributed by atoms with Crippen molar-refractivity contribution in [2.45, 2.75) is 13.3 Å². The van der Waals surface area contributed by atoms with Gasteiger partial charge in [-0.2, -0.15) is 0 Å². The van der Waals surface area contributed by atoms with Crippen molar-refractivity contribution in [1.82, 2.24) is 15.3 Å². The van der Waals surface area contributed by atoms with E-state index in [4.69, 9.17) is 0 Å². The number of amides is 3. The monoisotopic (exact) mass is 332 g/mol. The van der Waals surface area contributed by atoms with E-state index in [9.17, 15) is 9.59 Å². The van der Waals surface area contributed by atoms with E-state index < -0.39 is 6.03 Å². The Morgan fingerprint density at radius 3 is 2.95 bits per heavy atom. The van der Waals surface area contributed by atoms with Crippen LogP contribution in [0.4, 0.5) is 10.5 Å².